The van der Waals surface area contributed by atoms with E-state index in [-0.39, 0.29) is 0 Å². The van der Waals surface area contributed by atoms with Gasteiger partial charge in [-0.1, -0.05) is 6.07 Å². The molecule has 0 aliphatic heterocycles. The molecule has 0 aliphatic rings. The minimum absolute atomic E-state index is 0.369. The van der Waals surface area contributed by atoms with Gasteiger partial charge in [0.05, 0.1) is 20.5 Å². The van der Waals surface area contributed by atoms with Gasteiger partial charge in [0, 0.05) is 6.54 Å². The van der Waals surface area contributed by atoms with Crippen LogP contribution in [0.1, 0.15) is 5.56 Å². The number of rotatable bonds is 6. The van der Waals surface area contributed by atoms with E-state index in [1.54, 1.807) is 20.3 Å². The van der Waals surface area contributed by atoms with Gasteiger partial charge in [-0.15, -0.1) is 0 Å². The van der Waals surface area contributed by atoms with Crippen molar-refractivity contribution in [2.24, 2.45) is 0 Å². The second-order valence-corrected chi connectivity index (χ2v) is 5.44. The lowest BCUT2D eigenvalue weighted by atomic mass is 10.1. The lowest BCUT2D eigenvalue weighted by Crippen LogP contribution is -2.24. The van der Waals surface area contributed by atoms with Crippen LogP contribution in [-0.2, 0) is 16.4 Å². The third-order valence-corrected chi connectivity index (χ3v) is 2.95. The molecule has 0 radical (unpaired) electrons. The summed E-state index contributed by atoms with van der Waals surface area (Å²) in [5.41, 5.74) is 0.985. The van der Waals surface area contributed by atoms with Gasteiger partial charge in [-0.3, -0.25) is 0 Å². The minimum atomic E-state index is -3.13. The van der Waals surface area contributed by atoms with Crippen LogP contribution in [0.5, 0.6) is 11.5 Å². The molecular weight excluding hydrogens is 242 g/mol. The van der Waals surface area contributed by atoms with Crippen LogP contribution in [-0.4, -0.2) is 35.4 Å². The second kappa shape index (κ2) is 5.88. The number of sulfonamides is 1. The Bertz CT molecular complexity index is 470. The van der Waals surface area contributed by atoms with Gasteiger partial charge in [0.2, 0.25) is 10.0 Å². The molecule has 1 N–H and O–H groups in total. The maximum atomic E-state index is 10.9. The summed E-state index contributed by atoms with van der Waals surface area (Å²) in [6, 6.07) is 5.52. The van der Waals surface area contributed by atoms with Crippen molar-refractivity contribution in [2.75, 3.05) is 27.0 Å². The number of benzene rings is 1. The van der Waals surface area contributed by atoms with Gasteiger partial charge >= 0.3 is 0 Å². The van der Waals surface area contributed by atoms with Crippen LogP contribution >= 0.6 is 0 Å². The van der Waals surface area contributed by atoms with E-state index in [0.717, 1.165) is 11.8 Å². The first-order valence-corrected chi connectivity index (χ1v) is 7.01. The first-order valence-electron chi connectivity index (χ1n) is 5.12. The molecule has 0 aromatic heterocycles. The SMILES string of the molecule is COc1ccc(CCNS(C)(=O)=O)cc1OC. The molecule has 1 aromatic rings. The normalized spacial score (nSPS) is 11.2. The third-order valence-electron chi connectivity index (χ3n) is 2.23. The molecule has 0 fully saturated rings. The Morgan fingerprint density at radius 2 is 1.82 bits per heavy atom. The van der Waals surface area contributed by atoms with E-state index in [2.05, 4.69) is 4.72 Å². The van der Waals surface area contributed by atoms with E-state index in [4.69, 9.17) is 9.47 Å². The maximum absolute atomic E-state index is 10.9. The predicted octanol–water partition coefficient (Wildman–Crippen LogP) is 0.795. The topological polar surface area (TPSA) is 64.6 Å². The number of hydrogen-bond donors (Lipinski definition) is 1. The van der Waals surface area contributed by atoms with E-state index < -0.39 is 10.0 Å². The van der Waals surface area contributed by atoms with Gasteiger partial charge in [0.15, 0.2) is 11.5 Å². The molecule has 0 unspecified atom stereocenters. The minimum Gasteiger partial charge on any atom is -0.493 e. The Hall–Kier alpha value is -1.27. The highest BCUT2D eigenvalue weighted by Crippen LogP contribution is 2.27. The summed E-state index contributed by atoms with van der Waals surface area (Å²) in [6.07, 6.45) is 1.75. The van der Waals surface area contributed by atoms with Gasteiger partial charge in [0.1, 0.15) is 0 Å². The molecule has 1 rings (SSSR count). The first-order chi connectivity index (χ1) is 7.96. The zero-order valence-corrected chi connectivity index (χ0v) is 11.0. The summed E-state index contributed by atoms with van der Waals surface area (Å²) in [6.45, 7) is 0.369. The quantitative estimate of drug-likeness (QED) is 0.820. The zero-order chi connectivity index (χ0) is 12.9. The lowest BCUT2D eigenvalue weighted by molar-refractivity contribution is 0.354. The van der Waals surface area contributed by atoms with Crippen molar-refractivity contribution >= 4 is 10.0 Å². The molecule has 5 nitrogen and oxygen atoms in total. The van der Waals surface area contributed by atoms with Crippen molar-refractivity contribution in [3.8, 4) is 11.5 Å². The molecule has 6 heteroatoms. The lowest BCUT2D eigenvalue weighted by Gasteiger charge is -2.09. The molecule has 0 amide bonds. The van der Waals surface area contributed by atoms with Crippen LogP contribution in [0.4, 0.5) is 0 Å². The van der Waals surface area contributed by atoms with Gasteiger partial charge in [0.25, 0.3) is 0 Å². The van der Waals surface area contributed by atoms with Crippen molar-refractivity contribution in [1.82, 2.24) is 4.72 Å². The van der Waals surface area contributed by atoms with E-state index >= 15 is 0 Å². The van der Waals surface area contributed by atoms with Gasteiger partial charge < -0.3 is 9.47 Å². The molecule has 0 spiro atoms. The van der Waals surface area contributed by atoms with Crippen molar-refractivity contribution in [3.63, 3.8) is 0 Å². The molecule has 0 atom stereocenters. The van der Waals surface area contributed by atoms with Crippen molar-refractivity contribution in [2.45, 2.75) is 6.42 Å². The predicted molar refractivity (Wildman–Crippen MR) is 66.1 cm³/mol. The molecule has 0 bridgehead atoms. The highest BCUT2D eigenvalue weighted by Gasteiger charge is 2.05. The Morgan fingerprint density at radius 1 is 1.18 bits per heavy atom. The van der Waals surface area contributed by atoms with Crippen molar-refractivity contribution < 1.29 is 17.9 Å². The largest absolute Gasteiger partial charge is 0.493 e. The maximum Gasteiger partial charge on any atom is 0.208 e. The highest BCUT2D eigenvalue weighted by molar-refractivity contribution is 7.88. The summed E-state index contributed by atoms with van der Waals surface area (Å²) in [5, 5.41) is 0. The van der Waals surface area contributed by atoms with E-state index in [1.807, 2.05) is 12.1 Å². The number of methoxy groups -OCH3 is 2. The van der Waals surface area contributed by atoms with Crippen molar-refractivity contribution in [3.05, 3.63) is 23.8 Å². The molecule has 1 aromatic carbocycles. The molecule has 0 aliphatic carbocycles. The fraction of sp³-hybridized carbons (Fsp3) is 0.455. The monoisotopic (exact) mass is 259 g/mol. The zero-order valence-electron chi connectivity index (χ0n) is 10.2. The van der Waals surface area contributed by atoms with Crippen LogP contribution in [0.15, 0.2) is 18.2 Å². The van der Waals surface area contributed by atoms with Crippen LogP contribution in [0.25, 0.3) is 0 Å². The van der Waals surface area contributed by atoms with E-state index in [1.165, 1.54) is 0 Å². The molecule has 0 heterocycles. The van der Waals surface area contributed by atoms with Crippen LogP contribution < -0.4 is 14.2 Å². The smallest absolute Gasteiger partial charge is 0.208 e. The standard InChI is InChI=1S/C11H17NO4S/c1-15-10-5-4-9(8-11(10)16-2)6-7-12-17(3,13)14/h4-5,8,12H,6-7H2,1-3H3. The molecule has 0 saturated carbocycles. The Morgan fingerprint density at radius 3 is 2.35 bits per heavy atom. The summed E-state index contributed by atoms with van der Waals surface area (Å²) < 4.78 is 34.5. The van der Waals surface area contributed by atoms with Gasteiger partial charge in [-0.05, 0) is 24.1 Å². The molecule has 17 heavy (non-hydrogen) atoms. The number of ether oxygens (including phenoxy) is 2. The van der Waals surface area contributed by atoms with E-state index in [0.29, 0.717) is 24.5 Å². The van der Waals surface area contributed by atoms with Gasteiger partial charge in [-0.2, -0.15) is 0 Å². The van der Waals surface area contributed by atoms with Crippen LogP contribution in [0.2, 0.25) is 0 Å². The van der Waals surface area contributed by atoms with Crippen LogP contribution in [0.3, 0.4) is 0 Å². The Balaban J connectivity index is 2.66. The molecular formula is C11H17NO4S. The molecule has 0 saturated heterocycles. The average Bonchev–Trinajstić information content (AvgIpc) is 2.27. The second-order valence-electron chi connectivity index (χ2n) is 3.61. The first kappa shape index (κ1) is 13.8. The molecule has 96 valence electrons. The van der Waals surface area contributed by atoms with Crippen LogP contribution in [0, 0.1) is 0 Å². The third kappa shape index (κ3) is 4.62. The van der Waals surface area contributed by atoms with E-state index in [9.17, 15) is 8.42 Å². The summed E-state index contributed by atoms with van der Waals surface area (Å²) >= 11 is 0. The summed E-state index contributed by atoms with van der Waals surface area (Å²) in [4.78, 5) is 0. The highest BCUT2D eigenvalue weighted by atomic mass is 32.2. The van der Waals surface area contributed by atoms with Gasteiger partial charge in [-0.25, -0.2) is 13.1 Å². The Labute approximate surface area is 102 Å². The average molecular weight is 259 g/mol. The summed E-state index contributed by atoms with van der Waals surface area (Å²) in [7, 11) is 0.00930. The van der Waals surface area contributed by atoms with Crippen molar-refractivity contribution in [1.29, 1.82) is 0 Å². The number of hydrogen-bond acceptors (Lipinski definition) is 4. The fourth-order valence-electron chi connectivity index (χ4n) is 1.42. The number of nitrogens with one attached hydrogen (secondary N) is 1. The Kier molecular flexibility index (Phi) is 4.77. The fourth-order valence-corrected chi connectivity index (χ4v) is 1.89. The summed E-state index contributed by atoms with van der Waals surface area (Å²) in [5.74, 6) is 1.30.